The molecule has 0 spiro atoms. The van der Waals surface area contributed by atoms with Crippen LogP contribution >= 0.6 is 11.5 Å². The Bertz CT molecular complexity index is 667. The Labute approximate surface area is 119 Å². The van der Waals surface area contributed by atoms with Crippen molar-refractivity contribution in [3.8, 4) is 0 Å². The van der Waals surface area contributed by atoms with E-state index in [4.69, 9.17) is 10.9 Å². The summed E-state index contributed by atoms with van der Waals surface area (Å²) in [4.78, 5) is 14.3. The number of para-hydroxylation sites is 1. The quantitative estimate of drug-likeness (QED) is 0.383. The van der Waals surface area contributed by atoms with Gasteiger partial charge in [0.2, 0.25) is 0 Å². The summed E-state index contributed by atoms with van der Waals surface area (Å²) < 4.78 is 3.75. The van der Waals surface area contributed by atoms with Gasteiger partial charge in [-0.25, -0.2) is 0 Å². The highest BCUT2D eigenvalue weighted by Gasteiger charge is 2.21. The van der Waals surface area contributed by atoms with Gasteiger partial charge in [-0.3, -0.25) is 4.79 Å². The molecule has 8 heteroatoms. The van der Waals surface area contributed by atoms with Crippen molar-refractivity contribution in [3.63, 3.8) is 0 Å². The number of hydrogen-bond donors (Lipinski definition) is 2. The molecule has 0 fully saturated rings. The number of rotatable bonds is 3. The molecule has 3 N–H and O–H groups in total. The maximum atomic E-state index is 12.4. The van der Waals surface area contributed by atoms with Gasteiger partial charge < -0.3 is 15.8 Å². The number of oxime groups is 1. The van der Waals surface area contributed by atoms with Gasteiger partial charge in [0.1, 0.15) is 4.88 Å². The third-order valence-electron chi connectivity index (χ3n) is 2.80. The van der Waals surface area contributed by atoms with Gasteiger partial charge in [-0.2, -0.15) is 0 Å². The molecule has 0 atom stereocenters. The first-order valence-electron chi connectivity index (χ1n) is 5.70. The highest BCUT2D eigenvalue weighted by molar-refractivity contribution is 7.08. The Morgan fingerprint density at radius 2 is 2.15 bits per heavy atom. The number of hydrogen-bond acceptors (Lipinski definition) is 6. The predicted molar refractivity (Wildman–Crippen MR) is 76.3 cm³/mol. The lowest BCUT2D eigenvalue weighted by Crippen LogP contribution is -2.29. The average Bonchev–Trinajstić information content (AvgIpc) is 2.91. The number of carbonyl (C=O) groups is 1. The van der Waals surface area contributed by atoms with Crippen LogP contribution in [0.15, 0.2) is 29.4 Å². The topological polar surface area (TPSA) is 105 Å². The zero-order chi connectivity index (χ0) is 14.7. The lowest BCUT2D eigenvalue weighted by molar-refractivity contribution is 0.0996. The van der Waals surface area contributed by atoms with E-state index in [0.717, 1.165) is 11.5 Å². The van der Waals surface area contributed by atoms with Gasteiger partial charge in [0.25, 0.3) is 5.91 Å². The molecule has 0 aliphatic rings. The maximum Gasteiger partial charge on any atom is 0.271 e. The standard InChI is InChI=1S/C12H13N5O2S/c1-7-10(20-16-14-7)12(18)17(2)9-6-4-3-5-8(9)11(13)15-19/h3-6,19H,1-2H3,(H2,13,15). The molecule has 0 unspecified atom stereocenters. The minimum atomic E-state index is -0.240. The fourth-order valence-corrected chi connectivity index (χ4v) is 2.36. The second-order valence-corrected chi connectivity index (χ2v) is 4.81. The average molecular weight is 291 g/mol. The van der Waals surface area contributed by atoms with Gasteiger partial charge in [-0.15, -0.1) is 5.10 Å². The Morgan fingerprint density at radius 3 is 2.75 bits per heavy atom. The summed E-state index contributed by atoms with van der Waals surface area (Å²) in [6, 6.07) is 6.90. The number of aryl methyl sites for hydroxylation is 1. The van der Waals surface area contributed by atoms with Crippen molar-refractivity contribution in [2.24, 2.45) is 10.9 Å². The van der Waals surface area contributed by atoms with E-state index in [2.05, 4.69) is 14.7 Å². The molecule has 0 saturated carbocycles. The van der Waals surface area contributed by atoms with Crippen LogP contribution in [0.5, 0.6) is 0 Å². The number of anilines is 1. The smallest absolute Gasteiger partial charge is 0.271 e. The number of carbonyl (C=O) groups excluding carboxylic acids is 1. The zero-order valence-electron chi connectivity index (χ0n) is 10.9. The van der Waals surface area contributed by atoms with Crippen LogP contribution < -0.4 is 10.6 Å². The van der Waals surface area contributed by atoms with Crippen molar-refractivity contribution in [2.45, 2.75) is 6.92 Å². The summed E-state index contributed by atoms with van der Waals surface area (Å²) in [5, 5.41) is 15.6. The van der Waals surface area contributed by atoms with Gasteiger partial charge in [0.15, 0.2) is 5.84 Å². The van der Waals surface area contributed by atoms with Crippen LogP contribution in [0.1, 0.15) is 20.9 Å². The molecule has 0 aliphatic carbocycles. The molecule has 104 valence electrons. The number of benzene rings is 1. The van der Waals surface area contributed by atoms with Gasteiger partial charge >= 0.3 is 0 Å². The van der Waals surface area contributed by atoms with E-state index in [1.54, 1.807) is 38.2 Å². The SMILES string of the molecule is Cc1nnsc1C(=O)N(C)c1ccccc1/C(N)=N/O. The van der Waals surface area contributed by atoms with Crippen molar-refractivity contribution in [1.29, 1.82) is 0 Å². The molecule has 1 heterocycles. The molecular weight excluding hydrogens is 278 g/mol. The Kier molecular flexibility index (Phi) is 3.94. The predicted octanol–water partition coefficient (Wildman–Crippen LogP) is 1.22. The Hall–Kier alpha value is -2.48. The number of amidine groups is 1. The molecule has 20 heavy (non-hydrogen) atoms. The fraction of sp³-hybridized carbons (Fsp3) is 0.167. The molecule has 2 rings (SSSR count). The third-order valence-corrected chi connectivity index (χ3v) is 3.62. The van der Waals surface area contributed by atoms with E-state index in [0.29, 0.717) is 21.8 Å². The maximum absolute atomic E-state index is 12.4. The number of nitrogens with zero attached hydrogens (tertiary/aromatic N) is 4. The highest BCUT2D eigenvalue weighted by Crippen LogP contribution is 2.22. The van der Waals surface area contributed by atoms with Crippen LogP contribution in [0, 0.1) is 6.92 Å². The van der Waals surface area contributed by atoms with Crippen LogP contribution in [0.3, 0.4) is 0 Å². The molecule has 0 saturated heterocycles. The van der Waals surface area contributed by atoms with E-state index in [-0.39, 0.29) is 11.7 Å². The summed E-state index contributed by atoms with van der Waals surface area (Å²) in [6.07, 6.45) is 0. The van der Waals surface area contributed by atoms with Crippen molar-refractivity contribution >= 4 is 29.0 Å². The molecule has 7 nitrogen and oxygen atoms in total. The Balaban J connectivity index is 2.42. The van der Waals surface area contributed by atoms with E-state index in [1.807, 2.05) is 0 Å². The van der Waals surface area contributed by atoms with E-state index in [1.165, 1.54) is 4.90 Å². The van der Waals surface area contributed by atoms with Crippen molar-refractivity contribution in [1.82, 2.24) is 9.59 Å². The molecule has 1 aromatic carbocycles. The molecule has 0 radical (unpaired) electrons. The van der Waals surface area contributed by atoms with E-state index in [9.17, 15) is 4.79 Å². The van der Waals surface area contributed by atoms with Gasteiger partial charge in [-0.1, -0.05) is 21.8 Å². The molecule has 0 aliphatic heterocycles. The van der Waals surface area contributed by atoms with E-state index < -0.39 is 0 Å². The van der Waals surface area contributed by atoms with Gasteiger partial charge in [0, 0.05) is 12.6 Å². The number of amides is 1. The largest absolute Gasteiger partial charge is 0.409 e. The second-order valence-electron chi connectivity index (χ2n) is 4.05. The fourth-order valence-electron chi connectivity index (χ4n) is 1.73. The molecule has 1 amide bonds. The lowest BCUT2D eigenvalue weighted by Gasteiger charge is -2.19. The first-order valence-corrected chi connectivity index (χ1v) is 6.47. The molecular formula is C12H13N5O2S. The molecule has 0 bridgehead atoms. The summed E-state index contributed by atoms with van der Waals surface area (Å²) in [5.74, 6) is -0.296. The highest BCUT2D eigenvalue weighted by atomic mass is 32.1. The van der Waals surface area contributed by atoms with Crippen LogP contribution in [-0.4, -0.2) is 33.6 Å². The first kappa shape index (κ1) is 13.9. The van der Waals surface area contributed by atoms with Crippen LogP contribution in [0.4, 0.5) is 5.69 Å². The van der Waals surface area contributed by atoms with Crippen LogP contribution in [-0.2, 0) is 0 Å². The summed E-state index contributed by atoms with van der Waals surface area (Å²) in [7, 11) is 1.62. The Morgan fingerprint density at radius 1 is 1.45 bits per heavy atom. The van der Waals surface area contributed by atoms with Crippen molar-refractivity contribution in [2.75, 3.05) is 11.9 Å². The minimum absolute atomic E-state index is 0.0561. The van der Waals surface area contributed by atoms with Crippen LogP contribution in [0.2, 0.25) is 0 Å². The van der Waals surface area contributed by atoms with E-state index >= 15 is 0 Å². The minimum Gasteiger partial charge on any atom is -0.409 e. The summed E-state index contributed by atoms with van der Waals surface area (Å²) >= 11 is 1.04. The summed E-state index contributed by atoms with van der Waals surface area (Å²) in [5.41, 5.74) is 7.21. The van der Waals surface area contributed by atoms with Crippen LogP contribution in [0.25, 0.3) is 0 Å². The lowest BCUT2D eigenvalue weighted by atomic mass is 10.1. The number of nitrogens with two attached hydrogens (primary N) is 1. The molecule has 2 aromatic rings. The molecule has 1 aromatic heterocycles. The normalized spacial score (nSPS) is 11.4. The third kappa shape index (κ3) is 2.45. The monoisotopic (exact) mass is 291 g/mol. The van der Waals surface area contributed by atoms with Gasteiger partial charge in [0.05, 0.1) is 11.4 Å². The van der Waals surface area contributed by atoms with Gasteiger partial charge in [-0.05, 0) is 30.6 Å². The first-order chi connectivity index (χ1) is 9.56. The number of aromatic nitrogens is 2. The van der Waals surface area contributed by atoms with Crippen molar-refractivity contribution in [3.05, 3.63) is 40.4 Å². The summed E-state index contributed by atoms with van der Waals surface area (Å²) in [6.45, 7) is 1.72. The zero-order valence-corrected chi connectivity index (χ0v) is 11.8. The second kappa shape index (κ2) is 5.66. The van der Waals surface area contributed by atoms with Crippen molar-refractivity contribution < 1.29 is 10.0 Å².